The lowest BCUT2D eigenvalue weighted by molar-refractivity contribution is -0.137. The maximum absolute atomic E-state index is 12.7. The molecule has 8 heteroatoms. The molecular weight excluding hydrogens is 387 g/mol. The molecule has 5 nitrogen and oxygen atoms in total. The topological polar surface area (TPSA) is 56.8 Å². The van der Waals surface area contributed by atoms with Gasteiger partial charge in [-0.05, 0) is 29.8 Å². The fraction of sp³-hybridized carbons (Fsp3) is 0.381. The van der Waals surface area contributed by atoms with Crippen LogP contribution in [0.4, 0.5) is 13.2 Å². The van der Waals surface area contributed by atoms with Crippen LogP contribution in [-0.2, 0) is 27.0 Å². The molecule has 154 valence electrons. The molecule has 2 heterocycles. The molecule has 2 aliphatic heterocycles. The third-order valence-corrected chi connectivity index (χ3v) is 5.11. The summed E-state index contributed by atoms with van der Waals surface area (Å²) in [7, 11) is 0. The molecule has 4 atom stereocenters. The minimum Gasteiger partial charge on any atom is -0.370 e. The first-order chi connectivity index (χ1) is 13.9. The van der Waals surface area contributed by atoms with Gasteiger partial charge < -0.3 is 19.5 Å². The first-order valence-electron chi connectivity index (χ1n) is 9.28. The highest BCUT2D eigenvalue weighted by molar-refractivity contribution is 5.94. The molecule has 2 fully saturated rings. The van der Waals surface area contributed by atoms with Gasteiger partial charge in [0.15, 0.2) is 0 Å². The summed E-state index contributed by atoms with van der Waals surface area (Å²) in [6.45, 7) is 1.05. The van der Waals surface area contributed by atoms with Crippen molar-refractivity contribution in [2.45, 2.75) is 37.1 Å². The van der Waals surface area contributed by atoms with Crippen LogP contribution in [0.25, 0.3) is 0 Å². The quantitative estimate of drug-likeness (QED) is 0.827. The predicted octanol–water partition coefficient (Wildman–Crippen LogP) is 3.19. The van der Waals surface area contributed by atoms with Gasteiger partial charge in [-0.15, -0.1) is 0 Å². The van der Waals surface area contributed by atoms with E-state index in [2.05, 4.69) is 5.32 Å². The number of hydrogen-bond acceptors (Lipinski definition) is 4. The van der Waals surface area contributed by atoms with Gasteiger partial charge in [0, 0.05) is 5.56 Å². The van der Waals surface area contributed by atoms with Crippen molar-refractivity contribution in [3.63, 3.8) is 0 Å². The van der Waals surface area contributed by atoms with E-state index < -0.39 is 17.6 Å². The Morgan fingerprint density at radius 2 is 1.69 bits per heavy atom. The van der Waals surface area contributed by atoms with Crippen molar-refractivity contribution in [3.8, 4) is 0 Å². The van der Waals surface area contributed by atoms with Gasteiger partial charge in [0.25, 0.3) is 5.91 Å². The molecule has 2 saturated heterocycles. The van der Waals surface area contributed by atoms with Gasteiger partial charge in [0.2, 0.25) is 0 Å². The Hall–Kier alpha value is -2.42. The Bertz CT molecular complexity index is 841. The second-order valence-electron chi connectivity index (χ2n) is 7.09. The minimum atomic E-state index is -4.44. The average Bonchev–Trinajstić information content (AvgIpc) is 3.30. The Balaban J connectivity index is 1.32. The van der Waals surface area contributed by atoms with Crippen LogP contribution < -0.4 is 5.32 Å². The maximum Gasteiger partial charge on any atom is 0.416 e. The van der Waals surface area contributed by atoms with Gasteiger partial charge in [-0.1, -0.05) is 30.3 Å². The van der Waals surface area contributed by atoms with Gasteiger partial charge in [-0.2, -0.15) is 13.2 Å². The Morgan fingerprint density at radius 3 is 2.38 bits per heavy atom. The molecule has 2 aromatic carbocycles. The van der Waals surface area contributed by atoms with E-state index in [-0.39, 0.29) is 36.5 Å². The van der Waals surface area contributed by atoms with Crippen LogP contribution in [0.3, 0.4) is 0 Å². The number of alkyl halides is 3. The summed E-state index contributed by atoms with van der Waals surface area (Å²) < 4.78 is 55.4. The van der Waals surface area contributed by atoms with E-state index in [1.54, 1.807) is 0 Å². The number of halogens is 3. The first kappa shape index (κ1) is 19.9. The monoisotopic (exact) mass is 407 g/mol. The van der Waals surface area contributed by atoms with E-state index in [1.165, 1.54) is 0 Å². The van der Waals surface area contributed by atoms with Gasteiger partial charge >= 0.3 is 6.18 Å². The van der Waals surface area contributed by atoms with Crippen molar-refractivity contribution < 1.29 is 32.2 Å². The van der Waals surface area contributed by atoms with Crippen LogP contribution in [0.5, 0.6) is 0 Å². The molecule has 0 unspecified atom stereocenters. The third-order valence-electron chi connectivity index (χ3n) is 5.11. The van der Waals surface area contributed by atoms with E-state index in [4.69, 9.17) is 14.2 Å². The fourth-order valence-electron chi connectivity index (χ4n) is 3.57. The summed E-state index contributed by atoms with van der Waals surface area (Å²) in [5.74, 6) is -0.467. The largest absolute Gasteiger partial charge is 0.416 e. The van der Waals surface area contributed by atoms with Crippen molar-refractivity contribution in [1.29, 1.82) is 0 Å². The molecule has 0 aliphatic carbocycles. The van der Waals surface area contributed by atoms with E-state index in [0.29, 0.717) is 13.2 Å². The number of fused-ring (bicyclic) bond motifs is 1. The average molecular weight is 407 g/mol. The molecule has 2 aromatic rings. The molecule has 4 rings (SSSR count). The van der Waals surface area contributed by atoms with E-state index in [9.17, 15) is 18.0 Å². The number of carbonyl (C=O) groups is 1. The Morgan fingerprint density at radius 1 is 1.00 bits per heavy atom. The van der Waals surface area contributed by atoms with Gasteiger partial charge in [-0.25, -0.2) is 0 Å². The number of benzene rings is 2. The number of nitrogens with one attached hydrogen (secondary N) is 1. The zero-order valence-corrected chi connectivity index (χ0v) is 15.4. The van der Waals surface area contributed by atoms with Crippen LogP contribution in [0.2, 0.25) is 0 Å². The summed E-state index contributed by atoms with van der Waals surface area (Å²) in [4.78, 5) is 12.4. The minimum absolute atomic E-state index is 0.149. The molecule has 0 saturated carbocycles. The smallest absolute Gasteiger partial charge is 0.370 e. The normalized spacial score (nSPS) is 26.3. The van der Waals surface area contributed by atoms with Crippen molar-refractivity contribution in [3.05, 3.63) is 71.3 Å². The van der Waals surface area contributed by atoms with Gasteiger partial charge in [-0.3, -0.25) is 4.79 Å². The van der Waals surface area contributed by atoms with Gasteiger partial charge in [0.1, 0.15) is 18.3 Å². The van der Waals surface area contributed by atoms with Crippen molar-refractivity contribution in [2.24, 2.45) is 0 Å². The highest BCUT2D eigenvalue weighted by atomic mass is 19.4. The second kappa shape index (κ2) is 8.14. The van der Waals surface area contributed by atoms with Crippen LogP contribution in [0.15, 0.2) is 54.6 Å². The molecule has 0 bridgehead atoms. The molecule has 1 N–H and O–H groups in total. The first-order valence-corrected chi connectivity index (χ1v) is 9.28. The van der Waals surface area contributed by atoms with Crippen LogP contribution in [0, 0.1) is 0 Å². The molecule has 0 spiro atoms. The highest BCUT2D eigenvalue weighted by Gasteiger charge is 2.48. The summed E-state index contributed by atoms with van der Waals surface area (Å²) in [6.07, 6.45) is -5.33. The summed E-state index contributed by atoms with van der Waals surface area (Å²) >= 11 is 0. The maximum atomic E-state index is 12.7. The van der Waals surface area contributed by atoms with Crippen LogP contribution in [0.1, 0.15) is 21.5 Å². The molecular formula is C21H20F3NO4. The lowest BCUT2D eigenvalue weighted by Crippen LogP contribution is -2.44. The third kappa shape index (κ3) is 4.44. The van der Waals surface area contributed by atoms with Crippen molar-refractivity contribution in [1.82, 2.24) is 5.32 Å². The molecule has 2 aliphatic rings. The molecule has 0 aromatic heterocycles. The predicted molar refractivity (Wildman–Crippen MR) is 97.2 cm³/mol. The highest BCUT2D eigenvalue weighted by Crippen LogP contribution is 2.31. The van der Waals surface area contributed by atoms with Crippen molar-refractivity contribution >= 4 is 5.91 Å². The second-order valence-corrected chi connectivity index (χ2v) is 7.09. The lowest BCUT2D eigenvalue weighted by atomic mass is 10.1. The van der Waals surface area contributed by atoms with Crippen molar-refractivity contribution in [2.75, 3.05) is 13.2 Å². The van der Waals surface area contributed by atoms with E-state index >= 15 is 0 Å². The van der Waals surface area contributed by atoms with Crippen LogP contribution in [-0.4, -0.2) is 43.5 Å². The van der Waals surface area contributed by atoms with E-state index in [1.807, 2.05) is 30.3 Å². The standard InChI is InChI=1S/C21H20F3NO4/c22-21(23,24)15-8-6-14(7-9-15)20(26)25-16-11-28-19-17(12-29-18(16)19)27-10-13-4-2-1-3-5-13/h1-9,16-19H,10-12H2,(H,25,26)/t16-,17+,18+,19+/m0/s1. The number of hydrogen-bond donors (Lipinski definition) is 1. The number of rotatable bonds is 5. The molecule has 1 amide bonds. The number of carbonyl (C=O) groups excluding carboxylic acids is 1. The summed E-state index contributed by atoms with van der Waals surface area (Å²) in [5.41, 5.74) is 0.397. The lowest BCUT2D eigenvalue weighted by Gasteiger charge is -2.18. The summed E-state index contributed by atoms with van der Waals surface area (Å²) in [5, 5.41) is 2.79. The molecule has 0 radical (unpaired) electrons. The van der Waals surface area contributed by atoms with Gasteiger partial charge in [0.05, 0.1) is 31.4 Å². The number of amides is 1. The van der Waals surface area contributed by atoms with Crippen LogP contribution >= 0.6 is 0 Å². The zero-order chi connectivity index (χ0) is 20.4. The number of ether oxygens (including phenoxy) is 3. The Labute approximate surface area is 165 Å². The fourth-order valence-corrected chi connectivity index (χ4v) is 3.57. The Kier molecular flexibility index (Phi) is 5.58. The van der Waals surface area contributed by atoms with E-state index in [0.717, 1.165) is 29.8 Å². The zero-order valence-electron chi connectivity index (χ0n) is 15.4. The SMILES string of the molecule is O=C(N[C@H]1CO[C@H]2[C@@H]1OC[C@H]2OCc1ccccc1)c1ccc(C(F)(F)F)cc1. The molecule has 29 heavy (non-hydrogen) atoms. The summed E-state index contributed by atoms with van der Waals surface area (Å²) in [6, 6.07) is 13.5.